The maximum atomic E-state index is 10.8. The molecule has 0 spiro atoms. The van der Waals surface area contributed by atoms with Crippen LogP contribution in [0.4, 0.5) is 0 Å². The lowest BCUT2D eigenvalue weighted by atomic mass is 10.4. The fourth-order valence-corrected chi connectivity index (χ4v) is 0.861. The molecule has 1 aromatic rings. The Balaban J connectivity index is 2.64. The van der Waals surface area contributed by atoms with Crippen LogP contribution in [0.25, 0.3) is 0 Å². The first-order valence-electron chi connectivity index (χ1n) is 3.54. The van der Waals surface area contributed by atoms with Crippen molar-refractivity contribution < 1.29 is 9.53 Å². The van der Waals surface area contributed by atoms with Gasteiger partial charge in [0.2, 0.25) is 0 Å². The van der Waals surface area contributed by atoms with E-state index in [0.717, 1.165) is 4.60 Å². The topological polar surface area (TPSA) is 39.2 Å². The summed E-state index contributed by atoms with van der Waals surface area (Å²) in [7, 11) is 0. The SMILES string of the molecule is CCC(=O)Oc1ccc(Br)nc1. The lowest BCUT2D eigenvalue weighted by Crippen LogP contribution is -2.05. The first kappa shape index (κ1) is 9.19. The standard InChI is InChI=1S/C8H8BrNO2/c1-2-8(11)12-6-3-4-7(9)10-5-6/h3-5H,2H2,1H3. The maximum absolute atomic E-state index is 10.8. The monoisotopic (exact) mass is 229 g/mol. The molecule has 0 saturated heterocycles. The van der Waals surface area contributed by atoms with Crippen molar-refractivity contribution in [1.82, 2.24) is 4.98 Å². The predicted octanol–water partition coefficient (Wildman–Crippen LogP) is 2.16. The summed E-state index contributed by atoms with van der Waals surface area (Å²) in [5, 5.41) is 0. The molecule has 0 bridgehead atoms. The van der Waals surface area contributed by atoms with Gasteiger partial charge in [-0.15, -0.1) is 0 Å². The van der Waals surface area contributed by atoms with Crippen molar-refractivity contribution in [2.24, 2.45) is 0 Å². The van der Waals surface area contributed by atoms with E-state index < -0.39 is 0 Å². The molecule has 0 amide bonds. The number of aromatic nitrogens is 1. The highest BCUT2D eigenvalue weighted by Gasteiger charge is 2.00. The summed E-state index contributed by atoms with van der Waals surface area (Å²) in [4.78, 5) is 14.7. The Morgan fingerprint density at radius 3 is 2.92 bits per heavy atom. The molecule has 0 fully saturated rings. The van der Waals surface area contributed by atoms with E-state index >= 15 is 0 Å². The molecule has 0 aromatic carbocycles. The first-order chi connectivity index (χ1) is 5.72. The molecule has 0 radical (unpaired) electrons. The van der Waals surface area contributed by atoms with Gasteiger partial charge in [-0.05, 0) is 28.1 Å². The zero-order valence-corrected chi connectivity index (χ0v) is 8.17. The molecule has 4 heteroatoms. The number of halogens is 1. The fraction of sp³-hybridized carbons (Fsp3) is 0.250. The van der Waals surface area contributed by atoms with E-state index in [4.69, 9.17) is 4.74 Å². The van der Waals surface area contributed by atoms with Gasteiger partial charge < -0.3 is 4.74 Å². The molecule has 0 atom stereocenters. The minimum atomic E-state index is -0.251. The molecule has 0 aliphatic carbocycles. The summed E-state index contributed by atoms with van der Waals surface area (Å²) >= 11 is 3.18. The van der Waals surface area contributed by atoms with Crippen molar-refractivity contribution >= 4 is 21.9 Å². The molecular formula is C8H8BrNO2. The number of hydrogen-bond donors (Lipinski definition) is 0. The van der Waals surface area contributed by atoms with Gasteiger partial charge in [0.1, 0.15) is 10.4 Å². The average molecular weight is 230 g/mol. The molecule has 1 heterocycles. The van der Waals surface area contributed by atoms with E-state index in [0.29, 0.717) is 12.2 Å². The molecule has 0 N–H and O–H groups in total. The Kier molecular flexibility index (Phi) is 3.22. The summed E-state index contributed by atoms with van der Waals surface area (Å²) in [6.45, 7) is 1.74. The van der Waals surface area contributed by atoms with Crippen LogP contribution in [0.2, 0.25) is 0 Å². The summed E-state index contributed by atoms with van der Waals surface area (Å²) in [5.41, 5.74) is 0. The minimum absolute atomic E-state index is 0.251. The van der Waals surface area contributed by atoms with Crippen LogP contribution in [0.1, 0.15) is 13.3 Å². The van der Waals surface area contributed by atoms with Gasteiger partial charge in [0.05, 0.1) is 6.20 Å². The van der Waals surface area contributed by atoms with E-state index in [9.17, 15) is 4.79 Å². The molecule has 0 aliphatic rings. The molecule has 0 unspecified atom stereocenters. The summed E-state index contributed by atoms with van der Waals surface area (Å²) < 4.78 is 5.62. The number of pyridine rings is 1. The van der Waals surface area contributed by atoms with Gasteiger partial charge in [-0.25, -0.2) is 4.98 Å². The molecule has 1 rings (SSSR count). The average Bonchev–Trinajstić information content (AvgIpc) is 2.09. The molecule has 0 aliphatic heterocycles. The van der Waals surface area contributed by atoms with Gasteiger partial charge in [-0.2, -0.15) is 0 Å². The van der Waals surface area contributed by atoms with Crippen LogP contribution >= 0.6 is 15.9 Å². The normalized spacial score (nSPS) is 9.50. The van der Waals surface area contributed by atoms with Crippen LogP contribution in [0.15, 0.2) is 22.9 Å². The minimum Gasteiger partial charge on any atom is -0.425 e. The second kappa shape index (κ2) is 4.21. The number of hydrogen-bond acceptors (Lipinski definition) is 3. The Labute approximate surface area is 78.9 Å². The molecular weight excluding hydrogens is 222 g/mol. The summed E-state index contributed by atoms with van der Waals surface area (Å²) in [6, 6.07) is 3.41. The number of esters is 1. The number of carbonyl (C=O) groups is 1. The lowest BCUT2D eigenvalue weighted by molar-refractivity contribution is -0.134. The Bertz CT molecular complexity index is 271. The van der Waals surface area contributed by atoms with Crippen molar-refractivity contribution in [3.8, 4) is 5.75 Å². The van der Waals surface area contributed by atoms with Gasteiger partial charge >= 0.3 is 5.97 Å². The lowest BCUT2D eigenvalue weighted by Gasteiger charge is -2.00. The van der Waals surface area contributed by atoms with Gasteiger partial charge in [-0.1, -0.05) is 6.92 Å². The van der Waals surface area contributed by atoms with Crippen LogP contribution in [-0.4, -0.2) is 11.0 Å². The third-order valence-corrected chi connectivity index (χ3v) is 1.69. The van der Waals surface area contributed by atoms with Crippen molar-refractivity contribution in [1.29, 1.82) is 0 Å². The van der Waals surface area contributed by atoms with Gasteiger partial charge in [0, 0.05) is 6.42 Å². The Morgan fingerprint density at radius 1 is 1.67 bits per heavy atom. The molecule has 1 aromatic heterocycles. The fourth-order valence-electron chi connectivity index (χ4n) is 0.626. The third kappa shape index (κ3) is 2.62. The Morgan fingerprint density at radius 2 is 2.42 bits per heavy atom. The molecule has 64 valence electrons. The second-order valence-electron chi connectivity index (χ2n) is 2.14. The Hall–Kier alpha value is -0.900. The van der Waals surface area contributed by atoms with Crippen molar-refractivity contribution in [3.63, 3.8) is 0 Å². The highest BCUT2D eigenvalue weighted by Crippen LogP contribution is 2.12. The highest BCUT2D eigenvalue weighted by atomic mass is 79.9. The molecule has 0 saturated carbocycles. The predicted molar refractivity (Wildman–Crippen MR) is 47.9 cm³/mol. The zero-order chi connectivity index (χ0) is 8.97. The van der Waals surface area contributed by atoms with E-state index in [1.807, 2.05) is 0 Å². The smallest absolute Gasteiger partial charge is 0.310 e. The van der Waals surface area contributed by atoms with Crippen molar-refractivity contribution in [3.05, 3.63) is 22.9 Å². The molecule has 3 nitrogen and oxygen atoms in total. The van der Waals surface area contributed by atoms with Crippen molar-refractivity contribution in [2.75, 3.05) is 0 Å². The van der Waals surface area contributed by atoms with Gasteiger partial charge in [-0.3, -0.25) is 4.79 Å². The first-order valence-corrected chi connectivity index (χ1v) is 4.34. The van der Waals surface area contributed by atoms with Gasteiger partial charge in [0.15, 0.2) is 0 Å². The molecule has 12 heavy (non-hydrogen) atoms. The number of nitrogens with zero attached hydrogens (tertiary/aromatic N) is 1. The summed E-state index contributed by atoms with van der Waals surface area (Å²) in [5.74, 6) is 0.226. The van der Waals surface area contributed by atoms with E-state index in [-0.39, 0.29) is 5.97 Å². The van der Waals surface area contributed by atoms with Crippen LogP contribution in [0.3, 0.4) is 0 Å². The van der Waals surface area contributed by atoms with Crippen LogP contribution < -0.4 is 4.74 Å². The second-order valence-corrected chi connectivity index (χ2v) is 2.96. The van der Waals surface area contributed by atoms with E-state index in [1.54, 1.807) is 19.1 Å². The third-order valence-electron chi connectivity index (χ3n) is 1.22. The van der Waals surface area contributed by atoms with Crippen LogP contribution in [0.5, 0.6) is 5.75 Å². The van der Waals surface area contributed by atoms with Crippen molar-refractivity contribution in [2.45, 2.75) is 13.3 Å². The van der Waals surface area contributed by atoms with Crippen LogP contribution in [-0.2, 0) is 4.79 Å². The number of rotatable bonds is 2. The number of ether oxygens (including phenoxy) is 1. The number of carbonyl (C=O) groups excluding carboxylic acids is 1. The zero-order valence-electron chi connectivity index (χ0n) is 6.58. The van der Waals surface area contributed by atoms with E-state index in [2.05, 4.69) is 20.9 Å². The largest absolute Gasteiger partial charge is 0.425 e. The quantitative estimate of drug-likeness (QED) is 0.577. The van der Waals surface area contributed by atoms with E-state index in [1.165, 1.54) is 6.20 Å². The van der Waals surface area contributed by atoms with Gasteiger partial charge in [0.25, 0.3) is 0 Å². The van der Waals surface area contributed by atoms with Crippen LogP contribution in [0, 0.1) is 0 Å². The summed E-state index contributed by atoms with van der Waals surface area (Å²) in [6.07, 6.45) is 1.87. The highest BCUT2D eigenvalue weighted by molar-refractivity contribution is 9.10. The maximum Gasteiger partial charge on any atom is 0.310 e.